The molecule has 76 valence electrons. The van der Waals surface area contributed by atoms with E-state index in [1.165, 1.54) is 0 Å². The summed E-state index contributed by atoms with van der Waals surface area (Å²) in [6.07, 6.45) is 4.11. The van der Waals surface area contributed by atoms with Crippen LogP contribution >= 0.6 is 12.6 Å². The Hall–Kier alpha value is -0.220. The molecule has 0 heterocycles. The monoisotopic (exact) mass is 202 g/mol. The second kappa shape index (κ2) is 4.33. The lowest BCUT2D eigenvalue weighted by molar-refractivity contribution is -0.127. The third-order valence-corrected chi connectivity index (χ3v) is 2.73. The van der Waals surface area contributed by atoms with E-state index in [2.05, 4.69) is 23.3 Å². The molecule has 0 saturated heterocycles. The van der Waals surface area contributed by atoms with Gasteiger partial charge in [0.05, 0.1) is 5.54 Å². The van der Waals surface area contributed by atoms with Gasteiger partial charge in [-0.1, -0.05) is 12.8 Å². The fourth-order valence-corrected chi connectivity index (χ4v) is 2.30. The second-order valence-electron chi connectivity index (χ2n) is 3.69. The van der Waals surface area contributed by atoms with Gasteiger partial charge in [-0.2, -0.15) is 12.6 Å². The third-order valence-electron chi connectivity index (χ3n) is 2.60. The smallest absolute Gasteiger partial charge is 0.240 e. The second-order valence-corrected chi connectivity index (χ2v) is 4.46. The van der Waals surface area contributed by atoms with Gasteiger partial charge in [0, 0.05) is 12.4 Å². The van der Waals surface area contributed by atoms with Crippen LogP contribution in [0, 0.1) is 0 Å². The number of likely N-dealkylation sites (N-methyl/N-ethyl adjacent to an activating group) is 1. The van der Waals surface area contributed by atoms with Crippen molar-refractivity contribution in [2.24, 2.45) is 0 Å². The van der Waals surface area contributed by atoms with Gasteiger partial charge in [-0.05, 0) is 19.8 Å². The van der Waals surface area contributed by atoms with E-state index >= 15 is 0 Å². The predicted octanol–water partition coefficient (Wildman–Crippen LogP) is 0.911. The highest BCUT2D eigenvalue weighted by molar-refractivity contribution is 7.80. The zero-order valence-corrected chi connectivity index (χ0v) is 9.16. The average molecular weight is 202 g/mol. The Balaban J connectivity index is 2.68. The quantitative estimate of drug-likeness (QED) is 0.470. The minimum atomic E-state index is -0.351. The van der Waals surface area contributed by atoms with E-state index < -0.39 is 0 Å². The van der Waals surface area contributed by atoms with Crippen LogP contribution < -0.4 is 10.6 Å². The molecule has 0 spiro atoms. The van der Waals surface area contributed by atoms with E-state index in [0.29, 0.717) is 0 Å². The Morgan fingerprint density at radius 2 is 2.00 bits per heavy atom. The van der Waals surface area contributed by atoms with E-state index in [-0.39, 0.29) is 16.8 Å². The first kappa shape index (κ1) is 10.9. The van der Waals surface area contributed by atoms with Crippen LogP contribution in [-0.4, -0.2) is 23.9 Å². The number of amides is 1. The molecular weight excluding hydrogens is 184 g/mol. The van der Waals surface area contributed by atoms with E-state index in [1.54, 1.807) is 7.05 Å². The van der Waals surface area contributed by atoms with Gasteiger partial charge in [-0.3, -0.25) is 10.1 Å². The van der Waals surface area contributed by atoms with Crippen LogP contribution in [-0.2, 0) is 4.79 Å². The summed E-state index contributed by atoms with van der Waals surface area (Å²) in [7, 11) is 1.69. The number of carbonyl (C=O) groups is 1. The van der Waals surface area contributed by atoms with Gasteiger partial charge in [-0.25, -0.2) is 0 Å². The van der Waals surface area contributed by atoms with Gasteiger partial charge in [0.1, 0.15) is 0 Å². The molecule has 0 radical (unpaired) electrons. The molecule has 1 fully saturated rings. The molecule has 0 aromatic heterocycles. The first-order valence-electron chi connectivity index (χ1n) is 4.79. The van der Waals surface area contributed by atoms with Crippen molar-refractivity contribution in [1.29, 1.82) is 0 Å². The molecule has 1 amide bonds. The normalized spacial score (nSPS) is 22.7. The van der Waals surface area contributed by atoms with E-state index in [9.17, 15) is 4.79 Å². The van der Waals surface area contributed by atoms with Crippen molar-refractivity contribution in [3.8, 4) is 0 Å². The van der Waals surface area contributed by atoms with Crippen LogP contribution in [0.25, 0.3) is 0 Å². The van der Waals surface area contributed by atoms with Crippen LogP contribution in [0.15, 0.2) is 0 Å². The molecule has 3 nitrogen and oxygen atoms in total. The van der Waals surface area contributed by atoms with Crippen LogP contribution in [0.4, 0.5) is 0 Å². The first-order valence-corrected chi connectivity index (χ1v) is 5.30. The number of rotatable bonds is 3. The molecule has 13 heavy (non-hydrogen) atoms. The van der Waals surface area contributed by atoms with Crippen molar-refractivity contribution in [2.75, 3.05) is 7.05 Å². The fourth-order valence-electron chi connectivity index (χ4n) is 2.05. The highest BCUT2D eigenvalue weighted by atomic mass is 32.1. The van der Waals surface area contributed by atoms with Gasteiger partial charge < -0.3 is 5.32 Å². The minimum Gasteiger partial charge on any atom is -0.358 e. The topological polar surface area (TPSA) is 41.1 Å². The average Bonchev–Trinajstić information content (AvgIpc) is 2.51. The Bertz CT molecular complexity index is 188. The Morgan fingerprint density at radius 1 is 1.46 bits per heavy atom. The molecule has 1 aliphatic carbocycles. The molecule has 1 aliphatic rings. The van der Waals surface area contributed by atoms with Crippen molar-refractivity contribution < 1.29 is 4.79 Å². The predicted molar refractivity (Wildman–Crippen MR) is 56.8 cm³/mol. The Kier molecular flexibility index (Phi) is 3.62. The lowest BCUT2D eigenvalue weighted by Gasteiger charge is -2.30. The van der Waals surface area contributed by atoms with Crippen LogP contribution in [0.3, 0.4) is 0 Å². The fraction of sp³-hybridized carbons (Fsp3) is 0.889. The number of carbonyl (C=O) groups excluding carboxylic acids is 1. The molecule has 0 aliphatic heterocycles. The summed E-state index contributed by atoms with van der Waals surface area (Å²) < 4.78 is 0. The molecule has 1 unspecified atom stereocenters. The largest absolute Gasteiger partial charge is 0.358 e. The summed E-state index contributed by atoms with van der Waals surface area (Å²) in [5, 5.41) is 6.04. The number of thiol groups is 1. The molecular formula is C9H18N2OS. The van der Waals surface area contributed by atoms with Gasteiger partial charge in [0.2, 0.25) is 5.91 Å². The van der Waals surface area contributed by atoms with Crippen LogP contribution in [0.2, 0.25) is 0 Å². The van der Waals surface area contributed by atoms with E-state index in [1.807, 2.05) is 6.92 Å². The molecule has 0 bridgehead atoms. The van der Waals surface area contributed by atoms with Crippen molar-refractivity contribution in [3.05, 3.63) is 0 Å². The third kappa shape index (κ3) is 2.38. The first-order chi connectivity index (χ1) is 6.10. The maximum absolute atomic E-state index is 11.7. The molecule has 1 atom stereocenters. The summed E-state index contributed by atoms with van der Waals surface area (Å²) in [5.74, 6) is 0.103. The lowest BCUT2D eigenvalue weighted by atomic mass is 9.96. The number of hydrogen-bond donors (Lipinski definition) is 3. The van der Waals surface area contributed by atoms with Crippen molar-refractivity contribution in [3.63, 3.8) is 0 Å². The molecule has 4 heteroatoms. The van der Waals surface area contributed by atoms with Crippen LogP contribution in [0.5, 0.6) is 0 Å². The number of hydrogen-bond acceptors (Lipinski definition) is 3. The standard InChI is InChI=1S/C9H18N2OS/c1-7(13)11-9(8(12)10-2)5-3-4-6-9/h7,11,13H,3-6H2,1-2H3,(H,10,12). The SMILES string of the molecule is CNC(=O)C1(NC(C)S)CCCC1. The van der Waals surface area contributed by atoms with E-state index in [0.717, 1.165) is 25.7 Å². The lowest BCUT2D eigenvalue weighted by Crippen LogP contribution is -2.56. The minimum absolute atomic E-state index is 0.0652. The van der Waals surface area contributed by atoms with Gasteiger partial charge in [-0.15, -0.1) is 0 Å². The molecule has 2 N–H and O–H groups in total. The van der Waals surface area contributed by atoms with Crippen molar-refractivity contribution in [2.45, 2.75) is 43.5 Å². The molecule has 0 aromatic carbocycles. The molecule has 1 rings (SSSR count). The number of nitrogens with one attached hydrogen (secondary N) is 2. The Labute approximate surface area is 85.1 Å². The van der Waals surface area contributed by atoms with Gasteiger partial charge in [0.25, 0.3) is 0 Å². The summed E-state index contributed by atoms with van der Waals surface area (Å²) in [6.45, 7) is 1.95. The van der Waals surface area contributed by atoms with Crippen LogP contribution in [0.1, 0.15) is 32.6 Å². The highest BCUT2D eigenvalue weighted by Crippen LogP contribution is 2.30. The van der Waals surface area contributed by atoms with Gasteiger partial charge in [0.15, 0.2) is 0 Å². The molecule has 1 saturated carbocycles. The maximum Gasteiger partial charge on any atom is 0.240 e. The molecule has 0 aromatic rings. The zero-order valence-electron chi connectivity index (χ0n) is 8.26. The summed E-state index contributed by atoms with van der Waals surface area (Å²) in [4.78, 5) is 11.7. The zero-order chi connectivity index (χ0) is 9.90. The van der Waals surface area contributed by atoms with Crippen molar-refractivity contribution >= 4 is 18.5 Å². The Morgan fingerprint density at radius 3 is 2.38 bits per heavy atom. The summed E-state index contributed by atoms with van der Waals surface area (Å²) in [5.41, 5.74) is -0.351. The summed E-state index contributed by atoms with van der Waals surface area (Å²) in [6, 6.07) is 0. The highest BCUT2D eigenvalue weighted by Gasteiger charge is 2.40. The maximum atomic E-state index is 11.7. The van der Waals surface area contributed by atoms with Gasteiger partial charge >= 0.3 is 0 Å². The van der Waals surface area contributed by atoms with E-state index in [4.69, 9.17) is 0 Å². The summed E-state index contributed by atoms with van der Waals surface area (Å²) >= 11 is 4.27. The van der Waals surface area contributed by atoms with Crippen molar-refractivity contribution in [1.82, 2.24) is 10.6 Å².